The van der Waals surface area contributed by atoms with Crippen LogP contribution in [0.1, 0.15) is 36.0 Å². The van der Waals surface area contributed by atoms with Crippen molar-refractivity contribution < 1.29 is 17.9 Å². The predicted octanol–water partition coefficient (Wildman–Crippen LogP) is 3.62. The van der Waals surface area contributed by atoms with E-state index < -0.39 is 32.6 Å². The summed E-state index contributed by atoms with van der Waals surface area (Å²) in [5, 5.41) is 1.59. The number of nitrogens with one attached hydrogen (secondary N) is 1. The van der Waals surface area contributed by atoms with Crippen molar-refractivity contribution in [1.29, 1.82) is 0 Å². The van der Waals surface area contributed by atoms with Gasteiger partial charge in [-0.1, -0.05) is 22.0 Å². The van der Waals surface area contributed by atoms with E-state index in [-0.39, 0.29) is 4.90 Å². The summed E-state index contributed by atoms with van der Waals surface area (Å²) in [4.78, 5) is 13.1. The molecule has 2 aromatic rings. The van der Waals surface area contributed by atoms with Gasteiger partial charge in [-0.25, -0.2) is 8.42 Å². The highest BCUT2D eigenvalue weighted by Gasteiger charge is 2.54. The van der Waals surface area contributed by atoms with Crippen molar-refractivity contribution in [3.05, 3.63) is 57.6 Å². The fourth-order valence-corrected chi connectivity index (χ4v) is 6.26. The van der Waals surface area contributed by atoms with Crippen molar-refractivity contribution in [2.45, 2.75) is 49.0 Å². The Kier molecular flexibility index (Phi) is 4.16. The van der Waals surface area contributed by atoms with Gasteiger partial charge in [-0.15, -0.1) is 0 Å². The minimum absolute atomic E-state index is 0.178. The lowest BCUT2D eigenvalue weighted by Crippen LogP contribution is -2.63. The first-order valence-electron chi connectivity index (χ1n) is 8.72. The molecule has 0 spiro atoms. The Morgan fingerprint density at radius 1 is 1.15 bits per heavy atom. The zero-order valence-corrected chi connectivity index (χ0v) is 17.6. The van der Waals surface area contributed by atoms with Gasteiger partial charge in [0.2, 0.25) is 5.91 Å². The summed E-state index contributed by atoms with van der Waals surface area (Å²) in [6, 6.07) is 10.5. The van der Waals surface area contributed by atoms with Gasteiger partial charge in [0.05, 0.1) is 4.90 Å². The Labute approximate surface area is 167 Å². The highest BCUT2D eigenvalue weighted by Crippen LogP contribution is 2.47. The van der Waals surface area contributed by atoms with Crippen LogP contribution in [-0.2, 0) is 14.6 Å². The maximum atomic E-state index is 13.4. The lowest BCUT2D eigenvalue weighted by molar-refractivity contribution is -0.132. The lowest BCUT2D eigenvalue weighted by atomic mass is 9.81. The number of hydrogen-bond donors (Lipinski definition) is 1. The zero-order chi connectivity index (χ0) is 19.6. The van der Waals surface area contributed by atoms with Gasteiger partial charge in [0.25, 0.3) is 0 Å². The number of fused-ring (bicyclic) bond motifs is 4. The molecule has 3 atom stereocenters. The Balaban J connectivity index is 1.87. The quantitative estimate of drug-likeness (QED) is 0.759. The second-order valence-corrected chi connectivity index (χ2v) is 10.5. The molecular formula is C20H20BrNO4S. The van der Waals surface area contributed by atoms with Crippen LogP contribution in [0, 0.1) is 13.8 Å². The van der Waals surface area contributed by atoms with Crippen LogP contribution in [0.3, 0.4) is 0 Å². The number of sulfone groups is 1. The van der Waals surface area contributed by atoms with Crippen LogP contribution in [-0.4, -0.2) is 25.3 Å². The van der Waals surface area contributed by atoms with E-state index in [0.29, 0.717) is 12.2 Å². The second-order valence-electron chi connectivity index (χ2n) is 7.53. The average Bonchev–Trinajstić information content (AvgIpc) is 2.57. The van der Waals surface area contributed by atoms with Gasteiger partial charge < -0.3 is 10.1 Å². The van der Waals surface area contributed by atoms with Crippen molar-refractivity contribution in [2.24, 2.45) is 0 Å². The standard InChI is InChI=1S/C20H20BrNO4S/c1-11-4-6-14(8-12(11)2)27(24,25)18-16-10-20(3,22-19(18)23)26-17-7-5-13(21)9-15(16)17/h4-9,16,18H,10H2,1-3H3,(H,22,23). The number of hydrogen-bond acceptors (Lipinski definition) is 4. The molecule has 3 unspecified atom stereocenters. The number of carbonyl (C=O) groups excluding carboxylic acids is 1. The molecule has 1 saturated heterocycles. The topological polar surface area (TPSA) is 72.5 Å². The van der Waals surface area contributed by atoms with Gasteiger partial charge >= 0.3 is 0 Å². The first-order valence-corrected chi connectivity index (χ1v) is 11.1. The summed E-state index contributed by atoms with van der Waals surface area (Å²) in [7, 11) is -3.87. The molecule has 2 bridgehead atoms. The Morgan fingerprint density at radius 3 is 2.59 bits per heavy atom. The third-order valence-electron chi connectivity index (χ3n) is 5.47. The van der Waals surface area contributed by atoms with E-state index in [1.807, 2.05) is 26.0 Å². The third-order valence-corrected chi connectivity index (χ3v) is 8.08. The molecule has 1 amide bonds. The van der Waals surface area contributed by atoms with E-state index in [0.717, 1.165) is 21.2 Å². The van der Waals surface area contributed by atoms with E-state index >= 15 is 0 Å². The molecule has 0 aliphatic carbocycles. The molecule has 2 heterocycles. The van der Waals surface area contributed by atoms with Gasteiger partial charge in [-0.3, -0.25) is 4.79 Å². The van der Waals surface area contributed by atoms with Crippen molar-refractivity contribution in [3.8, 4) is 5.75 Å². The van der Waals surface area contributed by atoms with Crippen LogP contribution in [0.2, 0.25) is 0 Å². The highest BCUT2D eigenvalue weighted by molar-refractivity contribution is 9.10. The fourth-order valence-electron chi connectivity index (χ4n) is 3.97. The molecule has 27 heavy (non-hydrogen) atoms. The molecule has 0 saturated carbocycles. The first-order chi connectivity index (χ1) is 12.6. The normalized spacial score (nSPS) is 26.7. The number of carbonyl (C=O) groups is 1. The number of amides is 1. The first kappa shape index (κ1) is 18.5. The van der Waals surface area contributed by atoms with E-state index in [4.69, 9.17) is 4.74 Å². The van der Waals surface area contributed by atoms with Gasteiger partial charge in [0.15, 0.2) is 20.8 Å². The molecule has 142 valence electrons. The molecule has 1 fully saturated rings. The monoisotopic (exact) mass is 449 g/mol. The van der Waals surface area contributed by atoms with E-state index in [1.54, 1.807) is 31.2 Å². The summed E-state index contributed by atoms with van der Waals surface area (Å²) < 4.78 is 33.7. The van der Waals surface area contributed by atoms with E-state index in [1.165, 1.54) is 0 Å². The highest BCUT2D eigenvalue weighted by atomic mass is 79.9. The lowest BCUT2D eigenvalue weighted by Gasteiger charge is -2.46. The van der Waals surface area contributed by atoms with Crippen LogP contribution in [0.25, 0.3) is 0 Å². The molecule has 2 aliphatic rings. The Morgan fingerprint density at radius 2 is 1.89 bits per heavy atom. The van der Waals surface area contributed by atoms with Gasteiger partial charge in [0, 0.05) is 22.4 Å². The third kappa shape index (κ3) is 2.97. The van der Waals surface area contributed by atoms with Crippen molar-refractivity contribution in [2.75, 3.05) is 0 Å². The smallest absolute Gasteiger partial charge is 0.242 e. The van der Waals surface area contributed by atoms with Crippen LogP contribution in [0.15, 0.2) is 45.8 Å². The number of piperidine rings is 1. The van der Waals surface area contributed by atoms with Crippen LogP contribution >= 0.6 is 15.9 Å². The molecule has 2 aromatic carbocycles. The Hall–Kier alpha value is -1.86. The minimum atomic E-state index is -3.87. The Bertz CT molecular complexity index is 1070. The number of rotatable bonds is 2. The number of aryl methyl sites for hydroxylation is 2. The van der Waals surface area contributed by atoms with Crippen LogP contribution in [0.4, 0.5) is 0 Å². The SMILES string of the molecule is Cc1ccc(S(=O)(=O)C2C(=O)NC3(C)CC2c2cc(Br)ccc2O3)cc1C. The molecule has 5 nitrogen and oxygen atoms in total. The van der Waals surface area contributed by atoms with E-state index in [2.05, 4.69) is 21.2 Å². The van der Waals surface area contributed by atoms with E-state index in [9.17, 15) is 13.2 Å². The van der Waals surface area contributed by atoms with Crippen molar-refractivity contribution in [1.82, 2.24) is 5.32 Å². The maximum Gasteiger partial charge on any atom is 0.242 e. The van der Waals surface area contributed by atoms with Gasteiger partial charge in [-0.05, 0) is 62.2 Å². The molecule has 7 heteroatoms. The van der Waals surface area contributed by atoms with Gasteiger partial charge in [0.1, 0.15) is 5.75 Å². The number of halogens is 1. The predicted molar refractivity (Wildman–Crippen MR) is 106 cm³/mol. The summed E-state index contributed by atoms with van der Waals surface area (Å²) >= 11 is 3.44. The fraction of sp³-hybridized carbons (Fsp3) is 0.350. The maximum absolute atomic E-state index is 13.4. The van der Waals surface area contributed by atoms with Crippen molar-refractivity contribution in [3.63, 3.8) is 0 Å². The molecule has 0 radical (unpaired) electrons. The number of ether oxygens (including phenoxy) is 1. The summed E-state index contributed by atoms with van der Waals surface area (Å²) in [5.41, 5.74) is 1.73. The molecule has 2 aliphatic heterocycles. The second kappa shape index (κ2) is 6.07. The molecule has 0 aromatic heterocycles. The summed E-state index contributed by atoms with van der Waals surface area (Å²) in [6.07, 6.45) is 0.400. The zero-order valence-electron chi connectivity index (χ0n) is 15.2. The number of benzene rings is 2. The van der Waals surface area contributed by atoms with Crippen LogP contribution in [0.5, 0.6) is 5.75 Å². The molecular weight excluding hydrogens is 430 g/mol. The molecule has 1 N–H and O–H groups in total. The van der Waals surface area contributed by atoms with Crippen molar-refractivity contribution >= 4 is 31.7 Å². The average molecular weight is 450 g/mol. The van der Waals surface area contributed by atoms with Gasteiger partial charge in [-0.2, -0.15) is 0 Å². The summed E-state index contributed by atoms with van der Waals surface area (Å²) in [6.45, 7) is 5.58. The molecule has 4 rings (SSSR count). The largest absolute Gasteiger partial charge is 0.468 e. The van der Waals surface area contributed by atoms with Crippen LogP contribution < -0.4 is 10.1 Å². The minimum Gasteiger partial charge on any atom is -0.468 e. The summed E-state index contributed by atoms with van der Waals surface area (Å²) in [5.74, 6) is -0.383.